The van der Waals surface area contributed by atoms with Crippen LogP contribution in [0.4, 0.5) is 0 Å². The fraction of sp³-hybridized carbons (Fsp3) is 0.667. The summed E-state index contributed by atoms with van der Waals surface area (Å²) in [5.41, 5.74) is 1.19. The molecule has 1 saturated heterocycles. The van der Waals surface area contributed by atoms with Gasteiger partial charge in [0.1, 0.15) is 11.6 Å². The van der Waals surface area contributed by atoms with E-state index in [1.54, 1.807) is 0 Å². The van der Waals surface area contributed by atoms with E-state index in [-0.39, 0.29) is 0 Å². The highest BCUT2D eigenvalue weighted by Crippen LogP contribution is 2.32. The molecule has 4 rings (SSSR count). The molecular weight excluding hydrogens is 300 g/mol. The predicted molar refractivity (Wildman–Crippen MR) is 91.4 cm³/mol. The van der Waals surface area contributed by atoms with Crippen LogP contribution >= 0.6 is 0 Å². The molecule has 1 N–H and O–H groups in total. The minimum atomic E-state index is 0.313. The molecule has 2 aromatic rings. The van der Waals surface area contributed by atoms with Gasteiger partial charge in [-0.05, 0) is 39.2 Å². The van der Waals surface area contributed by atoms with E-state index in [4.69, 9.17) is 0 Å². The number of nitrogens with zero attached hydrogens (tertiary/aromatic N) is 5. The van der Waals surface area contributed by atoms with Gasteiger partial charge in [-0.2, -0.15) is 5.10 Å². The van der Waals surface area contributed by atoms with Gasteiger partial charge in [-0.3, -0.25) is 10.00 Å². The van der Waals surface area contributed by atoms with E-state index >= 15 is 0 Å². The summed E-state index contributed by atoms with van der Waals surface area (Å²) in [6, 6.07) is 0.313. The monoisotopic (exact) mass is 326 g/mol. The molecule has 6 nitrogen and oxygen atoms in total. The molecule has 128 valence electrons. The normalized spacial score (nSPS) is 23.0. The van der Waals surface area contributed by atoms with Crippen LogP contribution in [-0.2, 0) is 6.54 Å². The Kier molecular flexibility index (Phi) is 4.56. The summed E-state index contributed by atoms with van der Waals surface area (Å²) in [7, 11) is 0. The van der Waals surface area contributed by atoms with Crippen LogP contribution in [0.1, 0.15) is 79.9 Å². The summed E-state index contributed by atoms with van der Waals surface area (Å²) >= 11 is 0. The minimum absolute atomic E-state index is 0.313. The third kappa shape index (κ3) is 3.34. The van der Waals surface area contributed by atoms with Gasteiger partial charge in [-0.1, -0.05) is 19.3 Å². The highest BCUT2D eigenvalue weighted by atomic mass is 15.3. The molecule has 0 unspecified atom stereocenters. The summed E-state index contributed by atoms with van der Waals surface area (Å²) in [4.78, 5) is 16.3. The van der Waals surface area contributed by atoms with Gasteiger partial charge in [0.15, 0.2) is 5.82 Å². The van der Waals surface area contributed by atoms with Crippen LogP contribution in [0.25, 0.3) is 0 Å². The second-order valence-corrected chi connectivity index (χ2v) is 7.19. The lowest BCUT2D eigenvalue weighted by Gasteiger charge is -2.23. The van der Waals surface area contributed by atoms with E-state index in [0.29, 0.717) is 12.0 Å². The number of aromatic amines is 1. The second kappa shape index (κ2) is 6.97. The Morgan fingerprint density at radius 1 is 1.04 bits per heavy atom. The van der Waals surface area contributed by atoms with Gasteiger partial charge in [0, 0.05) is 30.4 Å². The average molecular weight is 326 g/mol. The summed E-state index contributed by atoms with van der Waals surface area (Å²) in [6.07, 6.45) is 12.9. The number of nitrogens with one attached hydrogen (secondary N) is 1. The van der Waals surface area contributed by atoms with Crippen molar-refractivity contribution in [2.45, 2.75) is 70.4 Å². The second-order valence-electron chi connectivity index (χ2n) is 7.19. The molecule has 0 bridgehead atoms. The zero-order chi connectivity index (χ0) is 16.4. The van der Waals surface area contributed by atoms with E-state index in [1.807, 2.05) is 19.3 Å². The fourth-order valence-electron chi connectivity index (χ4n) is 4.07. The van der Waals surface area contributed by atoms with Gasteiger partial charge in [-0.25, -0.2) is 15.0 Å². The van der Waals surface area contributed by atoms with Crippen molar-refractivity contribution in [1.82, 2.24) is 30.0 Å². The molecule has 1 aliphatic carbocycles. The zero-order valence-electron chi connectivity index (χ0n) is 14.4. The Balaban J connectivity index is 1.42. The summed E-state index contributed by atoms with van der Waals surface area (Å²) in [5, 5.41) is 7.32. The number of hydrogen-bond donors (Lipinski definition) is 1. The van der Waals surface area contributed by atoms with Crippen molar-refractivity contribution in [3.63, 3.8) is 0 Å². The lowest BCUT2D eigenvalue weighted by atomic mass is 9.89. The molecule has 1 atom stereocenters. The highest BCUT2D eigenvalue weighted by Gasteiger charge is 2.29. The molecule has 6 heteroatoms. The van der Waals surface area contributed by atoms with Crippen molar-refractivity contribution < 1.29 is 0 Å². The van der Waals surface area contributed by atoms with Crippen LogP contribution in [0.3, 0.4) is 0 Å². The number of hydrogen-bond acceptors (Lipinski definition) is 5. The van der Waals surface area contributed by atoms with E-state index < -0.39 is 0 Å². The third-order valence-electron chi connectivity index (χ3n) is 5.36. The van der Waals surface area contributed by atoms with Crippen LogP contribution in [0.2, 0.25) is 0 Å². The first-order chi connectivity index (χ1) is 11.8. The molecular formula is C18H26N6. The maximum Gasteiger partial charge on any atom is 0.167 e. The van der Waals surface area contributed by atoms with E-state index in [0.717, 1.165) is 37.0 Å². The van der Waals surface area contributed by atoms with Crippen LogP contribution < -0.4 is 0 Å². The lowest BCUT2D eigenvalue weighted by Crippen LogP contribution is -2.24. The first-order valence-corrected chi connectivity index (χ1v) is 9.23. The highest BCUT2D eigenvalue weighted by molar-refractivity contribution is 5.10. The first kappa shape index (κ1) is 15.7. The van der Waals surface area contributed by atoms with Gasteiger partial charge in [-0.15, -0.1) is 0 Å². The standard InChI is InChI=1S/C18H26N6/c1-13-21-18(23-22-13)16-8-5-9-24(16)12-14-10-19-17(20-11-14)15-6-3-2-4-7-15/h10-11,15-16H,2-9,12H2,1H3,(H,21,22,23)/t16-/m0/s1. The topological polar surface area (TPSA) is 70.6 Å². The smallest absolute Gasteiger partial charge is 0.167 e. The van der Waals surface area contributed by atoms with Crippen molar-refractivity contribution in [2.24, 2.45) is 0 Å². The van der Waals surface area contributed by atoms with Crippen molar-refractivity contribution in [3.8, 4) is 0 Å². The number of rotatable bonds is 4. The van der Waals surface area contributed by atoms with Crippen LogP contribution in [0.5, 0.6) is 0 Å². The van der Waals surface area contributed by atoms with E-state index in [1.165, 1.54) is 44.1 Å². The maximum atomic E-state index is 4.67. The van der Waals surface area contributed by atoms with Gasteiger partial charge < -0.3 is 0 Å². The lowest BCUT2D eigenvalue weighted by molar-refractivity contribution is 0.239. The Morgan fingerprint density at radius 2 is 1.83 bits per heavy atom. The molecule has 0 aromatic carbocycles. The Bertz CT molecular complexity index is 658. The van der Waals surface area contributed by atoms with Crippen molar-refractivity contribution in [1.29, 1.82) is 0 Å². The summed E-state index contributed by atoms with van der Waals surface area (Å²) in [6.45, 7) is 3.92. The molecule has 24 heavy (non-hydrogen) atoms. The first-order valence-electron chi connectivity index (χ1n) is 9.23. The van der Waals surface area contributed by atoms with Gasteiger partial charge in [0.05, 0.1) is 6.04 Å². The number of aryl methyl sites for hydroxylation is 1. The number of likely N-dealkylation sites (tertiary alicyclic amines) is 1. The van der Waals surface area contributed by atoms with E-state index in [9.17, 15) is 0 Å². The van der Waals surface area contributed by atoms with Gasteiger partial charge in [0.2, 0.25) is 0 Å². The third-order valence-corrected chi connectivity index (χ3v) is 5.36. The number of H-pyrrole nitrogens is 1. The molecule has 0 radical (unpaired) electrons. The molecule has 1 aliphatic heterocycles. The van der Waals surface area contributed by atoms with Crippen LogP contribution in [0.15, 0.2) is 12.4 Å². The fourth-order valence-corrected chi connectivity index (χ4v) is 4.07. The van der Waals surface area contributed by atoms with Crippen LogP contribution in [0, 0.1) is 6.92 Å². The molecule has 2 fully saturated rings. The Morgan fingerprint density at radius 3 is 2.54 bits per heavy atom. The SMILES string of the molecule is Cc1nc([C@@H]2CCCN2Cc2cnc(C3CCCCC3)nc2)n[nH]1. The molecule has 3 heterocycles. The minimum Gasteiger partial charge on any atom is -0.289 e. The molecule has 0 spiro atoms. The predicted octanol–water partition coefficient (Wildman–Crippen LogP) is 3.29. The Hall–Kier alpha value is -1.82. The quantitative estimate of drug-likeness (QED) is 0.933. The van der Waals surface area contributed by atoms with Crippen LogP contribution in [-0.4, -0.2) is 36.6 Å². The summed E-state index contributed by atoms with van der Waals surface area (Å²) < 4.78 is 0. The van der Waals surface area contributed by atoms with Crippen molar-refractivity contribution in [3.05, 3.63) is 35.4 Å². The number of aromatic nitrogens is 5. The molecule has 0 amide bonds. The summed E-state index contributed by atoms with van der Waals surface area (Å²) in [5.74, 6) is 3.42. The molecule has 1 saturated carbocycles. The van der Waals surface area contributed by atoms with Crippen molar-refractivity contribution in [2.75, 3.05) is 6.54 Å². The molecule has 2 aromatic heterocycles. The van der Waals surface area contributed by atoms with E-state index in [2.05, 4.69) is 30.0 Å². The Labute approximate surface area is 143 Å². The maximum absolute atomic E-state index is 4.67. The van der Waals surface area contributed by atoms with Gasteiger partial charge >= 0.3 is 0 Å². The zero-order valence-corrected chi connectivity index (χ0v) is 14.4. The van der Waals surface area contributed by atoms with Crippen molar-refractivity contribution >= 4 is 0 Å². The largest absolute Gasteiger partial charge is 0.289 e. The molecule has 2 aliphatic rings. The van der Waals surface area contributed by atoms with Gasteiger partial charge in [0.25, 0.3) is 0 Å². The average Bonchev–Trinajstić information content (AvgIpc) is 3.25.